The summed E-state index contributed by atoms with van der Waals surface area (Å²) in [5.74, 6) is 1.01. The van der Waals surface area contributed by atoms with Gasteiger partial charge in [-0.1, -0.05) is 19.1 Å². The zero-order chi connectivity index (χ0) is 14.1. The van der Waals surface area contributed by atoms with E-state index in [2.05, 4.69) is 12.2 Å². The summed E-state index contributed by atoms with van der Waals surface area (Å²) in [7, 11) is 1.73. The van der Waals surface area contributed by atoms with Crippen molar-refractivity contribution in [3.63, 3.8) is 0 Å². The average molecular weight is 277 g/mol. The number of halogens is 1. The summed E-state index contributed by atoms with van der Waals surface area (Å²) >= 11 is 0. The van der Waals surface area contributed by atoms with Crippen LogP contribution in [-0.4, -0.2) is 19.8 Å². The van der Waals surface area contributed by atoms with Crippen LogP contribution in [-0.2, 0) is 4.74 Å². The van der Waals surface area contributed by atoms with E-state index in [-0.39, 0.29) is 18.0 Å². The molecule has 0 radical (unpaired) electrons. The third-order valence-corrected chi connectivity index (χ3v) is 3.93. The first-order chi connectivity index (χ1) is 9.74. The summed E-state index contributed by atoms with van der Waals surface area (Å²) in [5.41, 5.74) is 0.330. The SMILES string of the molecule is CCNC(c1cc2cccc(F)c2o1)C(OC)C1CC1. The van der Waals surface area contributed by atoms with Crippen molar-refractivity contribution in [3.8, 4) is 0 Å². The van der Waals surface area contributed by atoms with Crippen molar-refractivity contribution in [1.29, 1.82) is 0 Å². The zero-order valence-corrected chi connectivity index (χ0v) is 11.9. The van der Waals surface area contributed by atoms with Gasteiger partial charge in [0.15, 0.2) is 11.4 Å². The van der Waals surface area contributed by atoms with Crippen LogP contribution >= 0.6 is 0 Å². The average Bonchev–Trinajstić information content (AvgIpc) is 3.17. The van der Waals surface area contributed by atoms with E-state index >= 15 is 0 Å². The first kappa shape index (κ1) is 13.6. The Balaban J connectivity index is 1.97. The Bertz CT molecular complexity index is 591. The first-order valence-corrected chi connectivity index (χ1v) is 7.18. The van der Waals surface area contributed by atoms with Gasteiger partial charge in [-0.3, -0.25) is 0 Å². The van der Waals surface area contributed by atoms with Crippen LogP contribution in [0.15, 0.2) is 28.7 Å². The molecule has 2 atom stereocenters. The molecule has 1 saturated carbocycles. The van der Waals surface area contributed by atoms with Gasteiger partial charge in [-0.05, 0) is 37.4 Å². The number of methoxy groups -OCH3 is 1. The molecule has 1 aromatic carbocycles. The Labute approximate surface area is 118 Å². The summed E-state index contributed by atoms with van der Waals surface area (Å²) < 4.78 is 25.2. The van der Waals surface area contributed by atoms with Crippen molar-refractivity contribution in [2.75, 3.05) is 13.7 Å². The largest absolute Gasteiger partial charge is 0.456 e. The number of benzene rings is 1. The number of furan rings is 1. The third kappa shape index (κ3) is 2.45. The van der Waals surface area contributed by atoms with E-state index in [9.17, 15) is 4.39 Å². The molecule has 0 aliphatic heterocycles. The minimum absolute atomic E-state index is 0.0238. The minimum atomic E-state index is -0.315. The molecule has 4 heteroatoms. The molecule has 1 heterocycles. The maximum absolute atomic E-state index is 13.8. The van der Waals surface area contributed by atoms with Crippen molar-refractivity contribution < 1.29 is 13.5 Å². The van der Waals surface area contributed by atoms with Crippen molar-refractivity contribution in [3.05, 3.63) is 35.8 Å². The fraction of sp³-hybridized carbons (Fsp3) is 0.500. The van der Waals surface area contributed by atoms with Gasteiger partial charge < -0.3 is 14.5 Å². The second kappa shape index (κ2) is 5.54. The maximum atomic E-state index is 13.8. The molecule has 3 rings (SSSR count). The van der Waals surface area contributed by atoms with Crippen molar-refractivity contribution in [2.45, 2.75) is 31.9 Å². The summed E-state index contributed by atoms with van der Waals surface area (Å²) in [4.78, 5) is 0. The van der Waals surface area contributed by atoms with Gasteiger partial charge >= 0.3 is 0 Å². The highest BCUT2D eigenvalue weighted by atomic mass is 19.1. The highest BCUT2D eigenvalue weighted by Crippen LogP contribution is 2.40. The van der Waals surface area contributed by atoms with Crippen LogP contribution in [0, 0.1) is 11.7 Å². The van der Waals surface area contributed by atoms with E-state index in [4.69, 9.17) is 9.15 Å². The van der Waals surface area contributed by atoms with E-state index in [1.54, 1.807) is 13.2 Å². The number of nitrogens with one attached hydrogen (secondary N) is 1. The molecule has 3 nitrogen and oxygen atoms in total. The summed E-state index contributed by atoms with van der Waals surface area (Å²) in [5, 5.41) is 4.21. The number of ether oxygens (including phenoxy) is 1. The number of rotatable bonds is 6. The molecule has 0 amide bonds. The van der Waals surface area contributed by atoms with E-state index in [1.165, 1.54) is 18.9 Å². The normalized spacial score (nSPS) is 18.4. The molecule has 0 bridgehead atoms. The Morgan fingerprint density at radius 3 is 2.85 bits per heavy atom. The molecule has 1 fully saturated rings. The highest BCUT2D eigenvalue weighted by molar-refractivity contribution is 5.78. The number of hydrogen-bond acceptors (Lipinski definition) is 3. The van der Waals surface area contributed by atoms with Crippen molar-refractivity contribution in [2.24, 2.45) is 5.92 Å². The second-order valence-electron chi connectivity index (χ2n) is 5.38. The molecule has 108 valence electrons. The Morgan fingerprint density at radius 1 is 1.45 bits per heavy atom. The summed E-state index contributed by atoms with van der Waals surface area (Å²) in [6.45, 7) is 2.87. The van der Waals surface area contributed by atoms with Crippen LogP contribution in [0.25, 0.3) is 11.0 Å². The van der Waals surface area contributed by atoms with E-state index < -0.39 is 0 Å². The van der Waals surface area contributed by atoms with E-state index in [0.29, 0.717) is 11.5 Å². The molecule has 0 spiro atoms. The molecule has 20 heavy (non-hydrogen) atoms. The molecule has 1 aromatic heterocycles. The maximum Gasteiger partial charge on any atom is 0.169 e. The number of para-hydroxylation sites is 1. The lowest BCUT2D eigenvalue weighted by molar-refractivity contribution is 0.0449. The van der Waals surface area contributed by atoms with Crippen LogP contribution in [0.1, 0.15) is 31.6 Å². The Hall–Kier alpha value is -1.39. The van der Waals surface area contributed by atoms with Gasteiger partial charge in [-0.2, -0.15) is 0 Å². The van der Waals surface area contributed by atoms with Gasteiger partial charge in [-0.25, -0.2) is 4.39 Å². The molecule has 1 aliphatic rings. The smallest absolute Gasteiger partial charge is 0.169 e. The van der Waals surface area contributed by atoms with Gasteiger partial charge in [0.2, 0.25) is 0 Å². The predicted octanol–water partition coefficient (Wildman–Crippen LogP) is 3.65. The van der Waals surface area contributed by atoms with Gasteiger partial charge in [0.05, 0.1) is 12.1 Å². The standard InChI is InChI=1S/C16H20FNO2/c1-3-18-14(16(19-2)10-7-8-10)13-9-11-5-4-6-12(17)15(11)20-13/h4-6,9-10,14,16,18H,3,7-8H2,1-2H3. The molecule has 0 saturated heterocycles. The number of hydrogen-bond donors (Lipinski definition) is 1. The molecular formula is C16H20FNO2. The minimum Gasteiger partial charge on any atom is -0.456 e. The summed E-state index contributed by atoms with van der Waals surface area (Å²) in [6.07, 6.45) is 2.46. The van der Waals surface area contributed by atoms with Crippen LogP contribution in [0.5, 0.6) is 0 Å². The monoisotopic (exact) mass is 277 g/mol. The van der Waals surface area contributed by atoms with Crippen LogP contribution in [0.3, 0.4) is 0 Å². The zero-order valence-electron chi connectivity index (χ0n) is 11.9. The fourth-order valence-electron chi connectivity index (χ4n) is 2.82. The topological polar surface area (TPSA) is 34.4 Å². The first-order valence-electron chi connectivity index (χ1n) is 7.18. The second-order valence-corrected chi connectivity index (χ2v) is 5.38. The van der Waals surface area contributed by atoms with Crippen LogP contribution in [0.4, 0.5) is 4.39 Å². The lowest BCUT2D eigenvalue weighted by Crippen LogP contribution is -2.34. The molecule has 1 N–H and O–H groups in total. The third-order valence-electron chi connectivity index (χ3n) is 3.93. The molecule has 2 aromatic rings. The number of likely N-dealkylation sites (N-methyl/N-ethyl adjacent to an activating group) is 1. The van der Waals surface area contributed by atoms with Crippen LogP contribution < -0.4 is 5.32 Å². The molecule has 2 unspecified atom stereocenters. The lowest BCUT2D eigenvalue weighted by atomic mass is 10.0. The Morgan fingerprint density at radius 2 is 2.25 bits per heavy atom. The molecule has 1 aliphatic carbocycles. The number of fused-ring (bicyclic) bond motifs is 1. The van der Waals surface area contributed by atoms with Gasteiger partial charge in [0, 0.05) is 12.5 Å². The van der Waals surface area contributed by atoms with Crippen LogP contribution in [0.2, 0.25) is 0 Å². The Kier molecular flexibility index (Phi) is 3.76. The quantitative estimate of drug-likeness (QED) is 0.875. The van der Waals surface area contributed by atoms with Gasteiger partial charge in [0.1, 0.15) is 5.76 Å². The fourth-order valence-corrected chi connectivity index (χ4v) is 2.82. The lowest BCUT2D eigenvalue weighted by Gasteiger charge is -2.25. The predicted molar refractivity (Wildman–Crippen MR) is 76.1 cm³/mol. The molecular weight excluding hydrogens is 257 g/mol. The van der Waals surface area contributed by atoms with Crippen molar-refractivity contribution >= 4 is 11.0 Å². The van der Waals surface area contributed by atoms with E-state index in [0.717, 1.165) is 17.7 Å². The van der Waals surface area contributed by atoms with Crippen molar-refractivity contribution in [1.82, 2.24) is 5.32 Å². The van der Waals surface area contributed by atoms with Gasteiger partial charge in [0.25, 0.3) is 0 Å². The highest BCUT2D eigenvalue weighted by Gasteiger charge is 2.38. The van der Waals surface area contributed by atoms with E-state index in [1.807, 2.05) is 12.1 Å². The summed E-state index contributed by atoms with van der Waals surface area (Å²) in [6, 6.07) is 6.89. The van der Waals surface area contributed by atoms with Gasteiger partial charge in [-0.15, -0.1) is 0 Å².